The van der Waals surface area contributed by atoms with Gasteiger partial charge in [-0.25, -0.2) is 9.97 Å². The Morgan fingerprint density at radius 1 is 1.38 bits per heavy atom. The molecular formula is C11H7IN4. The second-order valence-electron chi connectivity index (χ2n) is 3.04. The van der Waals surface area contributed by atoms with Crippen LogP contribution in [0.15, 0.2) is 36.8 Å². The highest BCUT2D eigenvalue weighted by molar-refractivity contribution is 14.1. The predicted molar refractivity (Wildman–Crippen MR) is 69.2 cm³/mol. The van der Waals surface area contributed by atoms with E-state index in [9.17, 15) is 0 Å². The fourth-order valence-corrected chi connectivity index (χ4v) is 1.64. The monoisotopic (exact) mass is 322 g/mol. The molecule has 0 aliphatic rings. The van der Waals surface area contributed by atoms with Gasteiger partial charge in [0.05, 0.1) is 15.2 Å². The van der Waals surface area contributed by atoms with Gasteiger partial charge in [-0.15, -0.1) is 0 Å². The molecule has 0 fully saturated rings. The third-order valence-electron chi connectivity index (χ3n) is 1.92. The van der Waals surface area contributed by atoms with Gasteiger partial charge in [0.1, 0.15) is 12.1 Å². The Hall–Kier alpha value is -1.68. The molecule has 2 aromatic rings. The Labute approximate surface area is 106 Å². The number of nitrogens with zero attached hydrogens (tertiary/aromatic N) is 3. The Kier molecular flexibility index (Phi) is 3.31. The van der Waals surface area contributed by atoms with Crippen LogP contribution in [-0.4, -0.2) is 9.97 Å². The highest BCUT2D eigenvalue weighted by Crippen LogP contribution is 2.19. The average molecular weight is 322 g/mol. The zero-order valence-corrected chi connectivity index (χ0v) is 10.3. The molecule has 0 atom stereocenters. The van der Waals surface area contributed by atoms with Gasteiger partial charge in [-0.3, -0.25) is 0 Å². The minimum absolute atomic E-state index is 0.620. The van der Waals surface area contributed by atoms with Gasteiger partial charge in [0.2, 0.25) is 0 Å². The number of halogens is 1. The van der Waals surface area contributed by atoms with E-state index in [4.69, 9.17) is 5.26 Å². The maximum atomic E-state index is 8.78. The lowest BCUT2D eigenvalue weighted by atomic mass is 10.2. The van der Waals surface area contributed by atoms with E-state index in [0.29, 0.717) is 5.56 Å². The van der Waals surface area contributed by atoms with E-state index in [1.165, 1.54) is 6.33 Å². The van der Waals surface area contributed by atoms with E-state index in [-0.39, 0.29) is 0 Å². The smallest absolute Gasteiger partial charge is 0.147 e. The standard InChI is InChI=1S/C11H7IN4/c12-10-6-14-7-15-11(10)16-9-3-1-2-8(4-9)5-13/h1-4,6-7H,(H,14,15,16). The van der Waals surface area contributed by atoms with Gasteiger partial charge in [-0.1, -0.05) is 6.07 Å². The first-order chi connectivity index (χ1) is 7.79. The third kappa shape index (κ3) is 2.46. The molecule has 0 aliphatic heterocycles. The lowest BCUT2D eigenvalue weighted by Crippen LogP contribution is -1.96. The average Bonchev–Trinajstić information content (AvgIpc) is 2.32. The van der Waals surface area contributed by atoms with Crippen LogP contribution >= 0.6 is 22.6 Å². The molecule has 2 rings (SSSR count). The molecule has 0 saturated carbocycles. The van der Waals surface area contributed by atoms with E-state index >= 15 is 0 Å². The molecule has 5 heteroatoms. The summed E-state index contributed by atoms with van der Waals surface area (Å²) in [6, 6.07) is 9.35. The number of anilines is 2. The summed E-state index contributed by atoms with van der Waals surface area (Å²) in [7, 11) is 0. The summed E-state index contributed by atoms with van der Waals surface area (Å²) in [4.78, 5) is 8.03. The van der Waals surface area contributed by atoms with Gasteiger partial charge >= 0.3 is 0 Å². The summed E-state index contributed by atoms with van der Waals surface area (Å²) in [5.41, 5.74) is 1.46. The molecule has 0 unspecified atom stereocenters. The van der Waals surface area contributed by atoms with Crippen LogP contribution in [0, 0.1) is 14.9 Å². The summed E-state index contributed by atoms with van der Waals surface area (Å²) in [6.45, 7) is 0. The topological polar surface area (TPSA) is 61.6 Å². The summed E-state index contributed by atoms with van der Waals surface area (Å²) in [6.07, 6.45) is 3.21. The van der Waals surface area contributed by atoms with E-state index in [1.54, 1.807) is 18.3 Å². The first-order valence-corrected chi connectivity index (χ1v) is 5.60. The minimum Gasteiger partial charge on any atom is -0.339 e. The van der Waals surface area contributed by atoms with Crippen molar-refractivity contribution in [2.75, 3.05) is 5.32 Å². The number of aromatic nitrogens is 2. The largest absolute Gasteiger partial charge is 0.339 e. The molecule has 1 aromatic heterocycles. The van der Waals surface area contributed by atoms with Gasteiger partial charge < -0.3 is 5.32 Å². The normalized spacial score (nSPS) is 9.50. The van der Waals surface area contributed by atoms with Crippen LogP contribution in [-0.2, 0) is 0 Å². The number of rotatable bonds is 2. The van der Waals surface area contributed by atoms with Crippen molar-refractivity contribution in [1.82, 2.24) is 9.97 Å². The zero-order chi connectivity index (χ0) is 11.4. The van der Waals surface area contributed by atoms with E-state index in [2.05, 4.69) is 43.9 Å². The quantitative estimate of drug-likeness (QED) is 0.864. The summed E-state index contributed by atoms with van der Waals surface area (Å²) in [5, 5.41) is 11.9. The molecule has 0 saturated heterocycles. The lowest BCUT2D eigenvalue weighted by Gasteiger charge is -2.06. The summed E-state index contributed by atoms with van der Waals surface area (Å²) in [5.74, 6) is 0.741. The number of benzene rings is 1. The molecule has 0 amide bonds. The van der Waals surface area contributed by atoms with Crippen molar-refractivity contribution in [2.24, 2.45) is 0 Å². The first kappa shape index (κ1) is 10.8. The molecule has 4 nitrogen and oxygen atoms in total. The highest BCUT2D eigenvalue weighted by Gasteiger charge is 2.01. The van der Waals surface area contributed by atoms with Gasteiger partial charge in [0.15, 0.2) is 0 Å². The van der Waals surface area contributed by atoms with Crippen molar-refractivity contribution in [2.45, 2.75) is 0 Å². The molecule has 16 heavy (non-hydrogen) atoms. The Morgan fingerprint density at radius 3 is 3.00 bits per heavy atom. The molecule has 0 bridgehead atoms. The Bertz CT molecular complexity index is 548. The van der Waals surface area contributed by atoms with Gasteiger partial charge in [0.25, 0.3) is 0 Å². The van der Waals surface area contributed by atoms with Gasteiger partial charge in [0, 0.05) is 11.9 Å². The highest BCUT2D eigenvalue weighted by atomic mass is 127. The van der Waals surface area contributed by atoms with Crippen molar-refractivity contribution < 1.29 is 0 Å². The molecule has 1 aromatic carbocycles. The first-order valence-electron chi connectivity index (χ1n) is 4.52. The van der Waals surface area contributed by atoms with Gasteiger partial charge in [-0.2, -0.15) is 5.26 Å². The number of hydrogen-bond acceptors (Lipinski definition) is 4. The molecular weight excluding hydrogens is 315 g/mol. The van der Waals surface area contributed by atoms with Crippen LogP contribution < -0.4 is 5.32 Å². The minimum atomic E-state index is 0.620. The lowest BCUT2D eigenvalue weighted by molar-refractivity contribution is 1.15. The molecule has 0 spiro atoms. The fourth-order valence-electron chi connectivity index (χ4n) is 1.21. The van der Waals surface area contributed by atoms with E-state index in [1.807, 2.05) is 12.1 Å². The maximum absolute atomic E-state index is 8.78. The van der Waals surface area contributed by atoms with Crippen LogP contribution in [0.5, 0.6) is 0 Å². The molecule has 1 heterocycles. The predicted octanol–water partition coefficient (Wildman–Crippen LogP) is 2.70. The van der Waals surface area contributed by atoms with Crippen LogP contribution in [0.25, 0.3) is 0 Å². The van der Waals surface area contributed by atoms with E-state index in [0.717, 1.165) is 15.1 Å². The maximum Gasteiger partial charge on any atom is 0.147 e. The van der Waals surface area contributed by atoms with Crippen molar-refractivity contribution in [3.05, 3.63) is 45.9 Å². The van der Waals surface area contributed by atoms with Crippen LogP contribution in [0.3, 0.4) is 0 Å². The number of hydrogen-bond donors (Lipinski definition) is 1. The SMILES string of the molecule is N#Cc1cccc(Nc2ncncc2I)c1. The number of nitriles is 1. The molecule has 0 radical (unpaired) electrons. The Morgan fingerprint density at radius 2 is 2.25 bits per heavy atom. The second kappa shape index (κ2) is 4.90. The molecule has 0 aliphatic carbocycles. The van der Waals surface area contributed by atoms with Crippen molar-refractivity contribution in [1.29, 1.82) is 5.26 Å². The van der Waals surface area contributed by atoms with E-state index < -0.39 is 0 Å². The second-order valence-corrected chi connectivity index (χ2v) is 4.20. The Balaban J connectivity index is 2.28. The van der Waals surface area contributed by atoms with Crippen molar-refractivity contribution in [3.8, 4) is 6.07 Å². The summed E-state index contributed by atoms with van der Waals surface area (Å²) >= 11 is 2.15. The molecule has 78 valence electrons. The van der Waals surface area contributed by atoms with Gasteiger partial charge in [-0.05, 0) is 40.8 Å². The van der Waals surface area contributed by atoms with Crippen LogP contribution in [0.2, 0.25) is 0 Å². The third-order valence-corrected chi connectivity index (χ3v) is 2.71. The van der Waals surface area contributed by atoms with Crippen LogP contribution in [0.1, 0.15) is 5.56 Å². The summed E-state index contributed by atoms with van der Waals surface area (Å²) < 4.78 is 0.933. The van der Waals surface area contributed by atoms with Crippen molar-refractivity contribution in [3.63, 3.8) is 0 Å². The fraction of sp³-hybridized carbons (Fsp3) is 0. The number of nitrogens with one attached hydrogen (secondary N) is 1. The zero-order valence-electron chi connectivity index (χ0n) is 8.18. The molecule has 1 N–H and O–H groups in total. The van der Waals surface area contributed by atoms with Crippen molar-refractivity contribution >= 4 is 34.1 Å². The van der Waals surface area contributed by atoms with Crippen LogP contribution in [0.4, 0.5) is 11.5 Å².